The van der Waals surface area contributed by atoms with Crippen molar-refractivity contribution in [2.45, 2.75) is 6.42 Å². The number of urea groups is 1. The lowest BCUT2D eigenvalue weighted by atomic mass is 10.2. The molecule has 3 N–H and O–H groups in total. The number of thiazole rings is 1. The van der Waals surface area contributed by atoms with Gasteiger partial charge in [0.05, 0.1) is 16.8 Å². The Morgan fingerprint density at radius 1 is 1.35 bits per heavy atom. The summed E-state index contributed by atoms with van der Waals surface area (Å²) in [6, 6.07) is 5.71. The summed E-state index contributed by atoms with van der Waals surface area (Å²) in [6.07, 6.45) is 0.659. The summed E-state index contributed by atoms with van der Waals surface area (Å²) in [5.74, 6) is -1.03. The number of aromatic nitrogens is 1. The minimum atomic E-state index is -1.03. The van der Waals surface area contributed by atoms with Crippen LogP contribution in [0.3, 0.4) is 0 Å². The van der Waals surface area contributed by atoms with Crippen LogP contribution in [0.1, 0.15) is 16.1 Å². The van der Waals surface area contributed by atoms with Gasteiger partial charge in [-0.05, 0) is 18.2 Å². The number of carboxylic acid groups (broad SMARTS) is 1. The van der Waals surface area contributed by atoms with E-state index in [0.717, 1.165) is 5.69 Å². The van der Waals surface area contributed by atoms with Gasteiger partial charge in [-0.25, -0.2) is 14.6 Å². The van der Waals surface area contributed by atoms with Crippen LogP contribution in [0, 0.1) is 0 Å². The normalized spacial score (nSPS) is 10.0. The molecule has 0 bridgehead atoms. The standard InChI is InChI=1S/C13H13N3O3S/c17-12(18)9-2-1-3-10(6-9)16-13(19)14-5-4-11-7-20-8-15-11/h1-3,6-8H,4-5H2,(H,17,18)(H2,14,16,19). The van der Waals surface area contributed by atoms with Crippen LogP contribution in [0.25, 0.3) is 0 Å². The fraction of sp³-hybridized carbons (Fsp3) is 0.154. The van der Waals surface area contributed by atoms with E-state index in [1.165, 1.54) is 23.5 Å². The van der Waals surface area contributed by atoms with Crippen molar-refractivity contribution in [2.24, 2.45) is 0 Å². The van der Waals surface area contributed by atoms with Crippen molar-refractivity contribution >= 4 is 29.0 Å². The molecule has 0 unspecified atom stereocenters. The second-order valence-corrected chi connectivity index (χ2v) is 4.72. The molecule has 104 valence electrons. The maximum absolute atomic E-state index is 11.6. The molecule has 2 rings (SSSR count). The molecule has 0 fully saturated rings. The van der Waals surface area contributed by atoms with Gasteiger partial charge >= 0.3 is 12.0 Å². The topological polar surface area (TPSA) is 91.3 Å². The number of benzene rings is 1. The molecule has 0 spiro atoms. The van der Waals surface area contributed by atoms with Gasteiger partial charge in [0.1, 0.15) is 0 Å². The van der Waals surface area contributed by atoms with E-state index in [1.807, 2.05) is 5.38 Å². The van der Waals surface area contributed by atoms with Gasteiger partial charge in [0.2, 0.25) is 0 Å². The van der Waals surface area contributed by atoms with Crippen LogP contribution in [0.15, 0.2) is 35.2 Å². The van der Waals surface area contributed by atoms with Crippen LogP contribution >= 0.6 is 11.3 Å². The smallest absolute Gasteiger partial charge is 0.335 e. The molecule has 20 heavy (non-hydrogen) atoms. The van der Waals surface area contributed by atoms with Gasteiger partial charge in [-0.1, -0.05) is 6.07 Å². The molecule has 2 aromatic rings. The molecular weight excluding hydrogens is 278 g/mol. The number of rotatable bonds is 5. The molecule has 0 radical (unpaired) electrons. The van der Waals surface area contributed by atoms with Crippen LogP contribution in [0.2, 0.25) is 0 Å². The zero-order valence-electron chi connectivity index (χ0n) is 10.5. The molecule has 0 saturated heterocycles. The minimum Gasteiger partial charge on any atom is -0.478 e. The highest BCUT2D eigenvalue weighted by Crippen LogP contribution is 2.10. The number of anilines is 1. The Hall–Kier alpha value is -2.41. The number of carbonyl (C=O) groups is 2. The molecule has 0 aliphatic carbocycles. The lowest BCUT2D eigenvalue weighted by Crippen LogP contribution is -2.30. The van der Waals surface area contributed by atoms with E-state index in [2.05, 4.69) is 15.6 Å². The Morgan fingerprint density at radius 3 is 2.90 bits per heavy atom. The largest absolute Gasteiger partial charge is 0.478 e. The number of nitrogens with zero attached hydrogens (tertiary/aromatic N) is 1. The monoisotopic (exact) mass is 291 g/mol. The predicted molar refractivity (Wildman–Crippen MR) is 76.2 cm³/mol. The van der Waals surface area contributed by atoms with E-state index >= 15 is 0 Å². The third-order valence-corrected chi connectivity index (χ3v) is 3.15. The Bertz CT molecular complexity index is 599. The van der Waals surface area contributed by atoms with Crippen LogP contribution in [-0.4, -0.2) is 28.6 Å². The second-order valence-electron chi connectivity index (χ2n) is 4.00. The quantitative estimate of drug-likeness (QED) is 0.787. The first-order chi connectivity index (χ1) is 9.65. The number of carboxylic acids is 1. The molecule has 1 aromatic carbocycles. The lowest BCUT2D eigenvalue weighted by Gasteiger charge is -2.07. The summed E-state index contributed by atoms with van der Waals surface area (Å²) in [6.45, 7) is 0.466. The molecule has 2 amide bonds. The van der Waals surface area contributed by atoms with Crippen molar-refractivity contribution in [3.05, 3.63) is 46.4 Å². The lowest BCUT2D eigenvalue weighted by molar-refractivity contribution is 0.0697. The van der Waals surface area contributed by atoms with Gasteiger partial charge in [0, 0.05) is 24.0 Å². The third-order valence-electron chi connectivity index (χ3n) is 2.52. The average Bonchev–Trinajstić information content (AvgIpc) is 2.92. The molecule has 7 heteroatoms. The van der Waals surface area contributed by atoms with Crippen molar-refractivity contribution in [3.8, 4) is 0 Å². The van der Waals surface area contributed by atoms with Crippen molar-refractivity contribution in [1.29, 1.82) is 0 Å². The zero-order valence-corrected chi connectivity index (χ0v) is 11.3. The zero-order chi connectivity index (χ0) is 14.4. The molecule has 0 aliphatic heterocycles. The van der Waals surface area contributed by atoms with Crippen LogP contribution in [-0.2, 0) is 6.42 Å². The average molecular weight is 291 g/mol. The molecule has 0 saturated carbocycles. The Balaban J connectivity index is 1.82. The van der Waals surface area contributed by atoms with Gasteiger partial charge < -0.3 is 15.7 Å². The van der Waals surface area contributed by atoms with Gasteiger partial charge in [0.15, 0.2) is 0 Å². The first-order valence-corrected chi connectivity index (χ1v) is 6.85. The van der Waals surface area contributed by atoms with Gasteiger partial charge in [-0.2, -0.15) is 0 Å². The molecular formula is C13H13N3O3S. The maximum Gasteiger partial charge on any atom is 0.335 e. The van der Waals surface area contributed by atoms with E-state index in [-0.39, 0.29) is 11.6 Å². The third kappa shape index (κ3) is 4.06. The number of hydrogen-bond acceptors (Lipinski definition) is 4. The Labute approximate surface area is 119 Å². The Kier molecular flexibility index (Phi) is 4.67. The number of nitrogens with one attached hydrogen (secondary N) is 2. The van der Waals surface area contributed by atoms with Gasteiger partial charge in [-0.15, -0.1) is 11.3 Å². The van der Waals surface area contributed by atoms with Crippen molar-refractivity contribution in [2.75, 3.05) is 11.9 Å². The Morgan fingerprint density at radius 2 is 2.20 bits per heavy atom. The van der Waals surface area contributed by atoms with Crippen LogP contribution in [0.5, 0.6) is 0 Å². The molecule has 0 atom stereocenters. The summed E-state index contributed by atoms with van der Waals surface area (Å²) in [5, 5.41) is 16.1. The highest BCUT2D eigenvalue weighted by atomic mass is 32.1. The predicted octanol–water partition coefficient (Wildman–Crippen LogP) is 2.21. The van der Waals surface area contributed by atoms with E-state index in [9.17, 15) is 9.59 Å². The summed E-state index contributed by atoms with van der Waals surface area (Å²) in [5.41, 5.74) is 3.25. The second kappa shape index (κ2) is 6.67. The first-order valence-electron chi connectivity index (χ1n) is 5.90. The minimum absolute atomic E-state index is 0.130. The highest BCUT2D eigenvalue weighted by Gasteiger charge is 2.06. The fourth-order valence-electron chi connectivity index (χ4n) is 1.57. The number of carbonyl (C=O) groups excluding carboxylic acids is 1. The van der Waals surface area contributed by atoms with Gasteiger partial charge in [0.25, 0.3) is 0 Å². The SMILES string of the molecule is O=C(NCCc1cscn1)Nc1cccc(C(=O)O)c1. The van der Waals surface area contributed by atoms with E-state index < -0.39 is 5.97 Å². The number of amides is 2. The van der Waals surface area contributed by atoms with E-state index in [0.29, 0.717) is 18.7 Å². The van der Waals surface area contributed by atoms with E-state index in [4.69, 9.17) is 5.11 Å². The molecule has 6 nitrogen and oxygen atoms in total. The summed E-state index contributed by atoms with van der Waals surface area (Å²) >= 11 is 1.51. The maximum atomic E-state index is 11.6. The van der Waals surface area contributed by atoms with E-state index in [1.54, 1.807) is 17.6 Å². The molecule has 1 heterocycles. The summed E-state index contributed by atoms with van der Waals surface area (Å²) in [7, 11) is 0. The molecule has 0 aliphatic rings. The highest BCUT2D eigenvalue weighted by molar-refractivity contribution is 7.07. The van der Waals surface area contributed by atoms with Crippen molar-refractivity contribution < 1.29 is 14.7 Å². The van der Waals surface area contributed by atoms with Crippen LogP contribution in [0.4, 0.5) is 10.5 Å². The summed E-state index contributed by atoms with van der Waals surface area (Å²) < 4.78 is 0. The van der Waals surface area contributed by atoms with Gasteiger partial charge in [-0.3, -0.25) is 0 Å². The van der Waals surface area contributed by atoms with Crippen molar-refractivity contribution in [3.63, 3.8) is 0 Å². The van der Waals surface area contributed by atoms with Crippen LogP contribution < -0.4 is 10.6 Å². The fourth-order valence-corrected chi connectivity index (χ4v) is 2.16. The number of hydrogen-bond donors (Lipinski definition) is 3. The number of aromatic carboxylic acids is 1. The molecule has 1 aromatic heterocycles. The first kappa shape index (κ1) is 14.0. The summed E-state index contributed by atoms with van der Waals surface area (Å²) in [4.78, 5) is 26.6. The van der Waals surface area contributed by atoms with Crippen molar-refractivity contribution in [1.82, 2.24) is 10.3 Å².